The fourth-order valence-electron chi connectivity index (χ4n) is 2.04. The Kier molecular flexibility index (Phi) is 1.65. The van der Waals surface area contributed by atoms with E-state index < -0.39 is 0 Å². The molecule has 0 radical (unpaired) electrons. The van der Waals surface area contributed by atoms with Gasteiger partial charge in [0.05, 0.1) is 11.7 Å². The molecule has 68 valence electrons. The molecule has 0 aromatic heterocycles. The minimum atomic E-state index is 0.159. The molecule has 2 fully saturated rings. The lowest BCUT2D eigenvalue weighted by atomic mass is 9.94. The number of nitrogens with zero attached hydrogens (tertiary/aromatic N) is 1. The standard InChI is InChI=1S/C9H15NO2/c1-7-9(12-7)3-5-10(6-4-9)8(2)11/h7H,3-6H2,1-2H3. The number of carbonyl (C=O) groups excluding carboxylic acids is 1. The van der Waals surface area contributed by atoms with Crippen molar-refractivity contribution in [3.05, 3.63) is 0 Å². The van der Waals surface area contributed by atoms with Crippen molar-refractivity contribution in [1.82, 2.24) is 4.90 Å². The Morgan fingerprint density at radius 2 is 2.00 bits per heavy atom. The summed E-state index contributed by atoms with van der Waals surface area (Å²) in [6.45, 7) is 5.50. The van der Waals surface area contributed by atoms with Crippen LogP contribution in [-0.2, 0) is 9.53 Å². The summed E-state index contributed by atoms with van der Waals surface area (Å²) >= 11 is 0. The maximum absolute atomic E-state index is 11.0. The van der Waals surface area contributed by atoms with E-state index in [-0.39, 0.29) is 11.5 Å². The second-order valence-corrected chi connectivity index (χ2v) is 3.83. The van der Waals surface area contributed by atoms with Crippen molar-refractivity contribution in [3.8, 4) is 0 Å². The monoisotopic (exact) mass is 169 g/mol. The molecule has 0 aromatic carbocycles. The number of epoxide rings is 1. The van der Waals surface area contributed by atoms with Crippen LogP contribution in [0.5, 0.6) is 0 Å². The Morgan fingerprint density at radius 3 is 2.33 bits per heavy atom. The van der Waals surface area contributed by atoms with E-state index in [9.17, 15) is 4.79 Å². The number of ether oxygens (including phenoxy) is 1. The van der Waals surface area contributed by atoms with Crippen LogP contribution in [0.15, 0.2) is 0 Å². The number of carbonyl (C=O) groups is 1. The average molecular weight is 169 g/mol. The van der Waals surface area contributed by atoms with Crippen LogP contribution in [0.25, 0.3) is 0 Å². The Labute approximate surface area is 72.7 Å². The van der Waals surface area contributed by atoms with E-state index in [0.717, 1.165) is 25.9 Å². The Bertz CT molecular complexity index is 207. The van der Waals surface area contributed by atoms with Crippen molar-refractivity contribution >= 4 is 5.91 Å². The highest BCUT2D eigenvalue weighted by atomic mass is 16.6. The van der Waals surface area contributed by atoms with Gasteiger partial charge in [0, 0.05) is 20.0 Å². The van der Waals surface area contributed by atoms with Gasteiger partial charge in [-0.05, 0) is 19.8 Å². The van der Waals surface area contributed by atoms with Crippen molar-refractivity contribution in [2.24, 2.45) is 0 Å². The molecule has 0 aliphatic carbocycles. The van der Waals surface area contributed by atoms with Crippen LogP contribution in [0, 0.1) is 0 Å². The summed E-state index contributed by atoms with van der Waals surface area (Å²) in [5.74, 6) is 0.193. The van der Waals surface area contributed by atoms with Crippen molar-refractivity contribution in [3.63, 3.8) is 0 Å². The normalized spacial score (nSPS) is 32.2. The molecule has 0 bridgehead atoms. The zero-order valence-electron chi connectivity index (χ0n) is 7.67. The van der Waals surface area contributed by atoms with Gasteiger partial charge in [-0.1, -0.05) is 0 Å². The lowest BCUT2D eigenvalue weighted by Gasteiger charge is -2.29. The predicted octanol–water partition coefficient (Wildman–Crippen LogP) is 0.786. The lowest BCUT2D eigenvalue weighted by Crippen LogP contribution is -2.40. The number of amides is 1. The van der Waals surface area contributed by atoms with Gasteiger partial charge in [-0.25, -0.2) is 0 Å². The number of rotatable bonds is 0. The zero-order valence-corrected chi connectivity index (χ0v) is 7.67. The van der Waals surface area contributed by atoms with Gasteiger partial charge in [-0.3, -0.25) is 4.79 Å². The maximum atomic E-state index is 11.0. The van der Waals surface area contributed by atoms with Gasteiger partial charge >= 0.3 is 0 Å². The molecular weight excluding hydrogens is 154 g/mol. The molecule has 12 heavy (non-hydrogen) atoms. The topological polar surface area (TPSA) is 32.8 Å². The van der Waals surface area contributed by atoms with E-state index in [4.69, 9.17) is 4.74 Å². The second-order valence-electron chi connectivity index (χ2n) is 3.83. The van der Waals surface area contributed by atoms with Crippen LogP contribution in [0.4, 0.5) is 0 Å². The quantitative estimate of drug-likeness (QED) is 0.502. The first kappa shape index (κ1) is 8.05. The largest absolute Gasteiger partial charge is 0.366 e. The van der Waals surface area contributed by atoms with E-state index in [0.29, 0.717) is 6.10 Å². The highest BCUT2D eigenvalue weighted by Gasteiger charge is 2.54. The van der Waals surface area contributed by atoms with Crippen molar-refractivity contribution in [2.75, 3.05) is 13.1 Å². The van der Waals surface area contributed by atoms with Crippen LogP contribution in [0.3, 0.4) is 0 Å². The van der Waals surface area contributed by atoms with E-state index in [1.54, 1.807) is 6.92 Å². The first-order chi connectivity index (χ1) is 5.64. The molecule has 1 atom stereocenters. The van der Waals surface area contributed by atoms with Crippen LogP contribution in [0.2, 0.25) is 0 Å². The molecule has 1 amide bonds. The van der Waals surface area contributed by atoms with Crippen LogP contribution in [0.1, 0.15) is 26.7 Å². The molecule has 0 N–H and O–H groups in total. The van der Waals surface area contributed by atoms with Crippen molar-refractivity contribution in [2.45, 2.75) is 38.4 Å². The second kappa shape index (κ2) is 2.46. The summed E-state index contributed by atoms with van der Waals surface area (Å²) in [7, 11) is 0. The third-order valence-electron chi connectivity index (χ3n) is 3.15. The minimum absolute atomic E-state index is 0.159. The third-order valence-corrected chi connectivity index (χ3v) is 3.15. The van der Waals surface area contributed by atoms with Crippen molar-refractivity contribution < 1.29 is 9.53 Å². The third kappa shape index (κ3) is 1.12. The average Bonchev–Trinajstić information content (AvgIpc) is 2.62. The van der Waals surface area contributed by atoms with Gasteiger partial charge in [0.1, 0.15) is 0 Å². The van der Waals surface area contributed by atoms with E-state index in [2.05, 4.69) is 6.92 Å². The Hall–Kier alpha value is -0.570. The van der Waals surface area contributed by atoms with Gasteiger partial charge in [-0.2, -0.15) is 0 Å². The smallest absolute Gasteiger partial charge is 0.219 e. The Balaban J connectivity index is 1.90. The molecule has 1 unspecified atom stereocenters. The SMILES string of the molecule is CC(=O)N1CCC2(CC1)OC2C. The van der Waals surface area contributed by atoms with Gasteiger partial charge in [0.2, 0.25) is 5.91 Å². The van der Waals surface area contributed by atoms with E-state index in [1.165, 1.54) is 0 Å². The van der Waals surface area contributed by atoms with E-state index >= 15 is 0 Å². The molecule has 2 aliphatic rings. The number of piperidine rings is 1. The molecule has 1 spiro atoms. The summed E-state index contributed by atoms with van der Waals surface area (Å²) in [5.41, 5.74) is 0.159. The molecule has 2 aliphatic heterocycles. The summed E-state index contributed by atoms with van der Waals surface area (Å²) in [4.78, 5) is 12.9. The highest BCUT2D eigenvalue weighted by molar-refractivity contribution is 5.73. The molecule has 2 saturated heterocycles. The summed E-state index contributed by atoms with van der Waals surface area (Å²) in [6, 6.07) is 0. The molecular formula is C9H15NO2. The molecule has 2 rings (SSSR count). The fraction of sp³-hybridized carbons (Fsp3) is 0.889. The maximum Gasteiger partial charge on any atom is 0.219 e. The minimum Gasteiger partial charge on any atom is -0.366 e. The van der Waals surface area contributed by atoms with E-state index in [1.807, 2.05) is 4.90 Å². The summed E-state index contributed by atoms with van der Waals surface area (Å²) in [6.07, 6.45) is 2.47. The number of hydrogen-bond donors (Lipinski definition) is 0. The molecule has 3 nitrogen and oxygen atoms in total. The van der Waals surface area contributed by atoms with Crippen LogP contribution >= 0.6 is 0 Å². The fourth-order valence-corrected chi connectivity index (χ4v) is 2.04. The number of likely N-dealkylation sites (tertiary alicyclic amines) is 1. The first-order valence-corrected chi connectivity index (χ1v) is 4.57. The molecule has 2 heterocycles. The van der Waals surface area contributed by atoms with Gasteiger partial charge in [-0.15, -0.1) is 0 Å². The van der Waals surface area contributed by atoms with Crippen molar-refractivity contribution in [1.29, 1.82) is 0 Å². The Morgan fingerprint density at radius 1 is 1.50 bits per heavy atom. The molecule has 0 aromatic rings. The summed E-state index contributed by atoms with van der Waals surface area (Å²) in [5, 5.41) is 0. The predicted molar refractivity (Wildman–Crippen MR) is 44.8 cm³/mol. The molecule has 3 heteroatoms. The van der Waals surface area contributed by atoms with Crippen LogP contribution in [-0.4, -0.2) is 35.6 Å². The van der Waals surface area contributed by atoms with Gasteiger partial charge < -0.3 is 9.64 Å². The molecule has 0 saturated carbocycles. The summed E-state index contributed by atoms with van der Waals surface area (Å²) < 4.78 is 5.54. The first-order valence-electron chi connectivity index (χ1n) is 4.57. The van der Waals surface area contributed by atoms with Gasteiger partial charge in [0.15, 0.2) is 0 Å². The lowest BCUT2D eigenvalue weighted by molar-refractivity contribution is -0.130. The zero-order chi connectivity index (χ0) is 8.77. The van der Waals surface area contributed by atoms with Crippen LogP contribution < -0.4 is 0 Å². The number of hydrogen-bond acceptors (Lipinski definition) is 2. The van der Waals surface area contributed by atoms with Gasteiger partial charge in [0.25, 0.3) is 0 Å². The highest BCUT2D eigenvalue weighted by Crippen LogP contribution is 2.44.